The van der Waals surface area contributed by atoms with Gasteiger partial charge in [-0.25, -0.2) is 0 Å². The van der Waals surface area contributed by atoms with E-state index in [2.05, 4.69) is 0 Å². The van der Waals surface area contributed by atoms with Gasteiger partial charge in [0.15, 0.2) is 0 Å². The summed E-state index contributed by atoms with van der Waals surface area (Å²) in [6.45, 7) is 0. The minimum absolute atomic E-state index is 0. The number of hydrogen-bond donors (Lipinski definition) is 1. The normalized spacial score (nSPS) is 35.2. The Bertz CT molecular complexity index is 63.4. The van der Waals surface area contributed by atoms with Crippen molar-refractivity contribution < 1.29 is 4.74 Å². The standard InChI is InChI=1S/C5H11NO.ClH/c1-7-5-2-4(6)3-5;/h4-5H,2-3,6H2,1H3;1H/t4-,5+;. The Labute approximate surface area is 55.8 Å². The molecule has 50 valence electrons. The lowest BCUT2D eigenvalue weighted by atomic mass is 9.90. The summed E-state index contributed by atoms with van der Waals surface area (Å²) in [6.07, 6.45) is 2.57. The molecular weight excluding hydrogens is 126 g/mol. The molecule has 0 saturated heterocycles. The van der Waals surface area contributed by atoms with Crippen molar-refractivity contribution in [2.75, 3.05) is 7.11 Å². The van der Waals surface area contributed by atoms with Crippen molar-refractivity contribution in [2.24, 2.45) is 5.73 Å². The zero-order chi connectivity index (χ0) is 5.28. The zero-order valence-electron chi connectivity index (χ0n) is 4.96. The predicted octanol–water partition coefficient (Wildman–Crippen LogP) is 0.544. The first-order valence-corrected chi connectivity index (χ1v) is 2.61. The highest BCUT2D eigenvalue weighted by Gasteiger charge is 2.24. The molecule has 0 radical (unpaired) electrons. The first kappa shape index (κ1) is 8.21. The zero-order valence-corrected chi connectivity index (χ0v) is 5.78. The molecule has 2 nitrogen and oxygen atoms in total. The van der Waals surface area contributed by atoms with Crippen molar-refractivity contribution in [1.29, 1.82) is 0 Å². The fraction of sp³-hybridized carbons (Fsp3) is 1.00. The second-order valence-electron chi connectivity index (χ2n) is 2.09. The van der Waals surface area contributed by atoms with Gasteiger partial charge in [-0.15, -0.1) is 12.4 Å². The SMILES string of the molecule is CO[C@H]1C[C@@H](N)C1.Cl. The molecule has 2 N–H and O–H groups in total. The van der Waals surface area contributed by atoms with Crippen molar-refractivity contribution >= 4 is 12.4 Å². The second kappa shape index (κ2) is 3.28. The van der Waals surface area contributed by atoms with Gasteiger partial charge in [-0.1, -0.05) is 0 Å². The lowest BCUT2D eigenvalue weighted by Crippen LogP contribution is -2.40. The van der Waals surface area contributed by atoms with Crippen molar-refractivity contribution in [2.45, 2.75) is 25.0 Å². The van der Waals surface area contributed by atoms with Gasteiger partial charge in [-0.3, -0.25) is 0 Å². The highest BCUT2D eigenvalue weighted by molar-refractivity contribution is 5.85. The van der Waals surface area contributed by atoms with Crippen LogP contribution < -0.4 is 5.73 Å². The monoisotopic (exact) mass is 137 g/mol. The summed E-state index contributed by atoms with van der Waals surface area (Å²) in [6, 6.07) is 0.421. The number of rotatable bonds is 1. The Hall–Kier alpha value is 0.210. The minimum atomic E-state index is 0. The predicted molar refractivity (Wildman–Crippen MR) is 35.3 cm³/mol. The molecule has 0 unspecified atom stereocenters. The average molecular weight is 138 g/mol. The molecular formula is C5H12ClNO. The summed E-state index contributed by atoms with van der Waals surface area (Å²) in [7, 11) is 1.73. The van der Waals surface area contributed by atoms with E-state index in [1.807, 2.05) is 0 Å². The summed E-state index contributed by atoms with van der Waals surface area (Å²) in [5.41, 5.74) is 5.46. The van der Waals surface area contributed by atoms with Crippen LogP contribution in [0.2, 0.25) is 0 Å². The summed E-state index contributed by atoms with van der Waals surface area (Å²) in [5.74, 6) is 0. The lowest BCUT2D eigenvalue weighted by Gasteiger charge is -2.30. The van der Waals surface area contributed by atoms with Crippen LogP contribution in [0.4, 0.5) is 0 Å². The van der Waals surface area contributed by atoms with Crippen LogP contribution >= 0.6 is 12.4 Å². The summed E-state index contributed by atoms with van der Waals surface area (Å²) < 4.78 is 4.98. The Kier molecular flexibility index (Phi) is 3.36. The number of hydrogen-bond acceptors (Lipinski definition) is 2. The topological polar surface area (TPSA) is 35.2 Å². The van der Waals surface area contributed by atoms with Crippen molar-refractivity contribution in [3.05, 3.63) is 0 Å². The Morgan fingerprint density at radius 1 is 1.50 bits per heavy atom. The van der Waals surface area contributed by atoms with E-state index in [1.165, 1.54) is 0 Å². The van der Waals surface area contributed by atoms with Crippen molar-refractivity contribution in [1.82, 2.24) is 0 Å². The quantitative estimate of drug-likeness (QED) is 0.573. The highest BCUT2D eigenvalue weighted by Crippen LogP contribution is 2.19. The van der Waals surface area contributed by atoms with E-state index in [0.29, 0.717) is 12.1 Å². The molecule has 1 aliphatic carbocycles. The van der Waals surface area contributed by atoms with Crippen LogP contribution in [0.5, 0.6) is 0 Å². The molecule has 8 heavy (non-hydrogen) atoms. The van der Waals surface area contributed by atoms with Crippen LogP contribution in [0, 0.1) is 0 Å². The van der Waals surface area contributed by atoms with Gasteiger partial charge in [-0.2, -0.15) is 0 Å². The molecule has 1 rings (SSSR count). The summed E-state index contributed by atoms with van der Waals surface area (Å²) in [4.78, 5) is 0. The van der Waals surface area contributed by atoms with E-state index in [-0.39, 0.29) is 12.4 Å². The van der Waals surface area contributed by atoms with Gasteiger partial charge in [0.05, 0.1) is 6.10 Å². The molecule has 0 spiro atoms. The third-order valence-electron chi connectivity index (χ3n) is 1.46. The molecule has 0 bridgehead atoms. The lowest BCUT2D eigenvalue weighted by molar-refractivity contribution is 0.0279. The molecule has 0 aromatic carbocycles. The van der Waals surface area contributed by atoms with Gasteiger partial charge in [0.2, 0.25) is 0 Å². The van der Waals surface area contributed by atoms with Crippen LogP contribution in [0.15, 0.2) is 0 Å². The fourth-order valence-corrected chi connectivity index (χ4v) is 0.799. The molecule has 1 aliphatic rings. The minimum Gasteiger partial charge on any atom is -0.381 e. The van der Waals surface area contributed by atoms with Crippen LogP contribution in [0.25, 0.3) is 0 Å². The Morgan fingerprint density at radius 2 is 2.00 bits per heavy atom. The molecule has 3 heteroatoms. The molecule has 0 aromatic heterocycles. The Balaban J connectivity index is 0.000000490. The van der Waals surface area contributed by atoms with Crippen LogP contribution in [-0.2, 0) is 4.74 Å². The van der Waals surface area contributed by atoms with E-state index in [1.54, 1.807) is 7.11 Å². The molecule has 0 aromatic rings. The Morgan fingerprint density at radius 3 is 2.12 bits per heavy atom. The highest BCUT2D eigenvalue weighted by atomic mass is 35.5. The van der Waals surface area contributed by atoms with Crippen molar-refractivity contribution in [3.63, 3.8) is 0 Å². The smallest absolute Gasteiger partial charge is 0.0600 e. The maximum absolute atomic E-state index is 5.46. The number of ether oxygens (including phenoxy) is 1. The third-order valence-corrected chi connectivity index (χ3v) is 1.46. The van der Waals surface area contributed by atoms with Gasteiger partial charge in [-0.05, 0) is 12.8 Å². The number of methoxy groups -OCH3 is 1. The van der Waals surface area contributed by atoms with Crippen molar-refractivity contribution in [3.8, 4) is 0 Å². The second-order valence-corrected chi connectivity index (χ2v) is 2.09. The van der Waals surface area contributed by atoms with Gasteiger partial charge in [0.1, 0.15) is 0 Å². The maximum Gasteiger partial charge on any atom is 0.0600 e. The average Bonchev–Trinajstić information content (AvgIpc) is 1.58. The van der Waals surface area contributed by atoms with Crippen LogP contribution in [0.1, 0.15) is 12.8 Å². The van der Waals surface area contributed by atoms with E-state index < -0.39 is 0 Å². The molecule has 0 heterocycles. The summed E-state index contributed by atoms with van der Waals surface area (Å²) >= 11 is 0. The fourth-order valence-electron chi connectivity index (χ4n) is 0.799. The van der Waals surface area contributed by atoms with Gasteiger partial charge in [0, 0.05) is 13.2 Å². The van der Waals surface area contributed by atoms with Gasteiger partial charge < -0.3 is 10.5 Å². The van der Waals surface area contributed by atoms with Gasteiger partial charge in [0.25, 0.3) is 0 Å². The van der Waals surface area contributed by atoms with E-state index in [9.17, 15) is 0 Å². The number of halogens is 1. The number of nitrogens with two attached hydrogens (primary N) is 1. The van der Waals surface area contributed by atoms with Crippen LogP contribution in [0.3, 0.4) is 0 Å². The van der Waals surface area contributed by atoms with E-state index >= 15 is 0 Å². The maximum atomic E-state index is 5.46. The first-order valence-electron chi connectivity index (χ1n) is 2.61. The molecule has 1 saturated carbocycles. The van der Waals surface area contributed by atoms with E-state index in [4.69, 9.17) is 10.5 Å². The molecule has 0 atom stereocenters. The molecule has 0 amide bonds. The third kappa shape index (κ3) is 1.62. The molecule has 0 aliphatic heterocycles. The first-order chi connectivity index (χ1) is 3.33. The van der Waals surface area contributed by atoms with Gasteiger partial charge >= 0.3 is 0 Å². The summed E-state index contributed by atoms with van der Waals surface area (Å²) in [5, 5.41) is 0. The molecule has 1 fully saturated rings. The van der Waals surface area contributed by atoms with Crippen LogP contribution in [-0.4, -0.2) is 19.3 Å². The largest absolute Gasteiger partial charge is 0.381 e. The van der Waals surface area contributed by atoms with E-state index in [0.717, 1.165) is 12.8 Å².